The molecule has 2 aromatic rings. The van der Waals surface area contributed by atoms with Gasteiger partial charge in [0.1, 0.15) is 0 Å². The Labute approximate surface area is 166 Å². The lowest BCUT2D eigenvalue weighted by atomic mass is 10.1. The third-order valence-corrected chi connectivity index (χ3v) is 5.88. The summed E-state index contributed by atoms with van der Waals surface area (Å²) >= 11 is 5.06. The summed E-state index contributed by atoms with van der Waals surface area (Å²) < 4.78 is 0.935. The highest BCUT2D eigenvalue weighted by atomic mass is 79.9. The van der Waals surface area contributed by atoms with Crippen molar-refractivity contribution in [3.05, 3.63) is 39.7 Å². The number of hydrogen-bond acceptors (Lipinski definition) is 3. The van der Waals surface area contributed by atoms with Gasteiger partial charge in [-0.05, 0) is 46.1 Å². The molecule has 1 aromatic carbocycles. The maximum absolute atomic E-state index is 11.9. The summed E-state index contributed by atoms with van der Waals surface area (Å²) in [6.45, 7) is 2.85. The number of thiophene rings is 1. The van der Waals surface area contributed by atoms with Gasteiger partial charge in [-0.15, -0.1) is 11.3 Å². The van der Waals surface area contributed by atoms with E-state index in [0.717, 1.165) is 38.3 Å². The molecule has 0 bridgehead atoms. The fourth-order valence-electron chi connectivity index (χ4n) is 2.51. The molecule has 26 heavy (non-hydrogen) atoms. The molecule has 0 aliphatic rings. The summed E-state index contributed by atoms with van der Waals surface area (Å²) in [5.41, 5.74) is 7.01. The number of halogens is 1. The number of amides is 3. The van der Waals surface area contributed by atoms with Crippen LogP contribution in [0.4, 0.5) is 10.5 Å². The van der Waals surface area contributed by atoms with Gasteiger partial charge in [-0.3, -0.25) is 4.79 Å². The summed E-state index contributed by atoms with van der Waals surface area (Å²) in [7, 11) is 0. The lowest BCUT2D eigenvalue weighted by Gasteiger charge is -2.08. The monoisotopic (exact) mass is 437 g/mol. The Balaban J connectivity index is 1.91. The van der Waals surface area contributed by atoms with Crippen molar-refractivity contribution < 1.29 is 9.59 Å². The SMILES string of the molecule is CCCCCCNC(=O)Nc1ccc(-c2sc(CC(N)=O)cc2Br)cc1. The average molecular weight is 438 g/mol. The number of rotatable bonds is 9. The van der Waals surface area contributed by atoms with E-state index in [1.807, 2.05) is 30.3 Å². The number of benzene rings is 1. The van der Waals surface area contributed by atoms with Crippen molar-refractivity contribution in [1.29, 1.82) is 0 Å². The zero-order chi connectivity index (χ0) is 18.9. The third kappa shape index (κ3) is 6.46. The minimum absolute atomic E-state index is 0.185. The molecule has 0 aliphatic heterocycles. The Hall–Kier alpha value is -1.86. The highest BCUT2D eigenvalue weighted by molar-refractivity contribution is 9.10. The van der Waals surface area contributed by atoms with Crippen LogP contribution in [0.2, 0.25) is 0 Å². The van der Waals surface area contributed by atoms with E-state index in [1.54, 1.807) is 0 Å². The van der Waals surface area contributed by atoms with Crippen LogP contribution in [0.5, 0.6) is 0 Å². The predicted molar refractivity (Wildman–Crippen MR) is 112 cm³/mol. The Morgan fingerprint density at radius 3 is 2.54 bits per heavy atom. The Kier molecular flexibility index (Phi) is 8.12. The Bertz CT molecular complexity index is 744. The zero-order valence-electron chi connectivity index (χ0n) is 14.8. The van der Waals surface area contributed by atoms with Crippen LogP contribution < -0.4 is 16.4 Å². The molecule has 5 nitrogen and oxygen atoms in total. The van der Waals surface area contributed by atoms with Crippen LogP contribution in [0, 0.1) is 0 Å². The smallest absolute Gasteiger partial charge is 0.319 e. The average Bonchev–Trinajstić information content (AvgIpc) is 2.95. The van der Waals surface area contributed by atoms with E-state index in [2.05, 4.69) is 33.5 Å². The molecule has 0 aliphatic carbocycles. The van der Waals surface area contributed by atoms with Crippen molar-refractivity contribution >= 4 is 44.9 Å². The fraction of sp³-hybridized carbons (Fsp3) is 0.368. The molecule has 0 radical (unpaired) electrons. The third-order valence-electron chi connectivity index (χ3n) is 3.81. The molecule has 140 valence electrons. The van der Waals surface area contributed by atoms with Gasteiger partial charge in [-0.25, -0.2) is 4.79 Å². The zero-order valence-corrected chi connectivity index (χ0v) is 17.2. The molecule has 4 N–H and O–H groups in total. The summed E-state index contributed by atoms with van der Waals surface area (Å²) in [6, 6.07) is 9.36. The standard InChI is InChI=1S/C19H24BrN3O2S/c1-2-3-4-5-10-22-19(25)23-14-8-6-13(7-9-14)18-16(20)11-15(26-18)12-17(21)24/h6-9,11H,2-5,10,12H2,1H3,(H2,21,24)(H2,22,23,25). The van der Waals surface area contributed by atoms with Crippen LogP contribution in [0.1, 0.15) is 37.5 Å². The normalized spacial score (nSPS) is 10.5. The predicted octanol–water partition coefficient (Wildman–Crippen LogP) is 4.91. The van der Waals surface area contributed by atoms with Crippen LogP contribution in [0.3, 0.4) is 0 Å². The number of unbranched alkanes of at least 4 members (excludes halogenated alkanes) is 3. The van der Waals surface area contributed by atoms with Gasteiger partial charge in [0.05, 0.1) is 6.42 Å². The van der Waals surface area contributed by atoms with Crippen LogP contribution in [-0.4, -0.2) is 18.5 Å². The number of carbonyl (C=O) groups is 2. The number of nitrogens with one attached hydrogen (secondary N) is 2. The second-order valence-corrected chi connectivity index (χ2v) is 8.04. The molecular weight excluding hydrogens is 414 g/mol. The Morgan fingerprint density at radius 1 is 1.15 bits per heavy atom. The van der Waals surface area contributed by atoms with Gasteiger partial charge in [0.25, 0.3) is 0 Å². The lowest BCUT2D eigenvalue weighted by Crippen LogP contribution is -2.29. The van der Waals surface area contributed by atoms with Gasteiger partial charge in [0.15, 0.2) is 0 Å². The van der Waals surface area contributed by atoms with Gasteiger partial charge >= 0.3 is 6.03 Å². The van der Waals surface area contributed by atoms with Crippen molar-refractivity contribution in [3.63, 3.8) is 0 Å². The van der Waals surface area contributed by atoms with E-state index in [1.165, 1.54) is 24.2 Å². The van der Waals surface area contributed by atoms with E-state index < -0.39 is 0 Å². The van der Waals surface area contributed by atoms with Gasteiger partial charge in [0, 0.05) is 26.5 Å². The molecule has 1 aromatic heterocycles. The number of carbonyl (C=O) groups excluding carboxylic acids is 2. The number of urea groups is 1. The topological polar surface area (TPSA) is 84.2 Å². The Morgan fingerprint density at radius 2 is 1.88 bits per heavy atom. The van der Waals surface area contributed by atoms with Crippen LogP contribution in [0.25, 0.3) is 10.4 Å². The van der Waals surface area contributed by atoms with E-state index in [0.29, 0.717) is 6.54 Å². The molecule has 0 fully saturated rings. The van der Waals surface area contributed by atoms with Crippen molar-refractivity contribution in [1.82, 2.24) is 5.32 Å². The van der Waals surface area contributed by atoms with Crippen molar-refractivity contribution in [3.8, 4) is 10.4 Å². The summed E-state index contributed by atoms with van der Waals surface area (Å²) in [4.78, 5) is 24.9. The molecule has 0 saturated heterocycles. The van der Waals surface area contributed by atoms with E-state index in [4.69, 9.17) is 5.73 Å². The molecule has 0 atom stereocenters. The highest BCUT2D eigenvalue weighted by Crippen LogP contribution is 2.37. The molecular formula is C19H24BrN3O2S. The molecule has 3 amide bonds. The first-order chi connectivity index (χ1) is 12.5. The van der Waals surface area contributed by atoms with E-state index >= 15 is 0 Å². The van der Waals surface area contributed by atoms with Gasteiger partial charge in [-0.1, -0.05) is 38.3 Å². The first-order valence-corrected chi connectivity index (χ1v) is 10.3. The maximum atomic E-state index is 11.9. The second-order valence-electron chi connectivity index (χ2n) is 6.05. The first-order valence-electron chi connectivity index (χ1n) is 8.71. The highest BCUT2D eigenvalue weighted by Gasteiger charge is 2.11. The van der Waals surface area contributed by atoms with Crippen LogP contribution in [0.15, 0.2) is 34.8 Å². The van der Waals surface area contributed by atoms with E-state index in [-0.39, 0.29) is 18.4 Å². The number of hydrogen-bond donors (Lipinski definition) is 3. The molecule has 1 heterocycles. The van der Waals surface area contributed by atoms with Crippen LogP contribution >= 0.6 is 27.3 Å². The van der Waals surface area contributed by atoms with E-state index in [9.17, 15) is 9.59 Å². The second kappa shape index (κ2) is 10.3. The summed E-state index contributed by atoms with van der Waals surface area (Å²) in [6.07, 6.45) is 4.76. The van der Waals surface area contributed by atoms with Crippen LogP contribution in [-0.2, 0) is 11.2 Å². The minimum Gasteiger partial charge on any atom is -0.369 e. The first kappa shape index (κ1) is 20.5. The minimum atomic E-state index is -0.342. The fourth-order valence-corrected chi connectivity index (χ4v) is 4.47. The molecule has 0 spiro atoms. The summed E-state index contributed by atoms with van der Waals surface area (Å²) in [5, 5.41) is 5.71. The van der Waals surface area contributed by atoms with Crippen molar-refractivity contribution in [2.24, 2.45) is 5.73 Å². The number of nitrogens with two attached hydrogens (primary N) is 1. The van der Waals surface area contributed by atoms with Crippen molar-refractivity contribution in [2.75, 3.05) is 11.9 Å². The molecule has 2 rings (SSSR count). The molecule has 7 heteroatoms. The van der Waals surface area contributed by atoms with Gasteiger partial charge < -0.3 is 16.4 Å². The molecule has 0 unspecified atom stereocenters. The number of primary amides is 1. The van der Waals surface area contributed by atoms with Crippen molar-refractivity contribution in [2.45, 2.75) is 39.0 Å². The maximum Gasteiger partial charge on any atom is 0.319 e. The van der Waals surface area contributed by atoms with Gasteiger partial charge in [-0.2, -0.15) is 0 Å². The lowest BCUT2D eigenvalue weighted by molar-refractivity contribution is -0.117. The largest absolute Gasteiger partial charge is 0.369 e. The summed E-state index contributed by atoms with van der Waals surface area (Å²) in [5.74, 6) is -0.342. The molecule has 0 saturated carbocycles. The van der Waals surface area contributed by atoms with Gasteiger partial charge in [0.2, 0.25) is 5.91 Å². The number of anilines is 1. The quantitative estimate of drug-likeness (QED) is 0.486.